The predicted octanol–water partition coefficient (Wildman–Crippen LogP) is -1.21. The molecule has 0 aromatic carbocycles. The van der Waals surface area contributed by atoms with Gasteiger partial charge in [-0.2, -0.15) is 0 Å². The summed E-state index contributed by atoms with van der Waals surface area (Å²) in [6.45, 7) is 4.17. The van der Waals surface area contributed by atoms with Crippen LogP contribution in [0.1, 0.15) is 0 Å². The van der Waals surface area contributed by atoms with Gasteiger partial charge in [0, 0.05) is 6.54 Å². The fourth-order valence-corrected chi connectivity index (χ4v) is 1.01. The van der Waals surface area contributed by atoms with E-state index in [1.54, 1.807) is 0 Å². The Bertz CT molecular complexity index is 170. The zero-order valence-corrected chi connectivity index (χ0v) is 10.6. The van der Waals surface area contributed by atoms with E-state index in [0.29, 0.717) is 59.1 Å². The zero-order valence-electron chi connectivity index (χ0n) is 10.6. The fourth-order valence-electron chi connectivity index (χ4n) is 1.01. The molecular weight excluding hydrogens is 242 g/mol. The quantitative estimate of drug-likeness (QED) is 0.218. The second-order valence-corrected chi connectivity index (χ2v) is 3.24. The second-order valence-electron chi connectivity index (χ2n) is 3.24. The van der Waals surface area contributed by atoms with Crippen molar-refractivity contribution in [1.82, 2.24) is 5.32 Å². The van der Waals surface area contributed by atoms with E-state index >= 15 is 0 Å². The molecule has 7 heteroatoms. The number of nitrogens with one attached hydrogen (secondary N) is 1. The van der Waals surface area contributed by atoms with Crippen LogP contribution in [0, 0.1) is 0 Å². The van der Waals surface area contributed by atoms with Gasteiger partial charge in [0.1, 0.15) is 12.9 Å². The summed E-state index contributed by atoms with van der Waals surface area (Å²) < 4.78 is 20.6. The van der Waals surface area contributed by atoms with E-state index in [1.807, 2.05) is 0 Å². The predicted molar refractivity (Wildman–Crippen MR) is 64.4 cm³/mol. The summed E-state index contributed by atoms with van der Waals surface area (Å²) >= 11 is 0. The summed E-state index contributed by atoms with van der Waals surface area (Å²) in [4.78, 5) is 9.91. The Morgan fingerprint density at radius 3 is 1.83 bits per heavy atom. The van der Waals surface area contributed by atoms with Gasteiger partial charge in [0.25, 0.3) is 0 Å². The van der Waals surface area contributed by atoms with Crippen LogP contribution in [0.15, 0.2) is 0 Å². The number of carbonyl (C=O) groups is 1. The lowest BCUT2D eigenvalue weighted by molar-refractivity contribution is -0.112. The maximum Gasteiger partial charge on any atom is 0.145 e. The monoisotopic (exact) mass is 265 g/mol. The normalized spacial score (nSPS) is 10.7. The molecule has 0 spiro atoms. The van der Waals surface area contributed by atoms with Crippen LogP contribution in [0.2, 0.25) is 0 Å². The van der Waals surface area contributed by atoms with Crippen molar-refractivity contribution in [1.29, 1.82) is 0 Å². The first-order valence-electron chi connectivity index (χ1n) is 5.98. The maximum absolute atomic E-state index is 9.91. The number of ether oxygens (including phenoxy) is 4. The van der Waals surface area contributed by atoms with Gasteiger partial charge in [-0.1, -0.05) is 0 Å². The summed E-state index contributed by atoms with van der Waals surface area (Å²) in [5.74, 6) is 0. The summed E-state index contributed by atoms with van der Waals surface area (Å²) in [5.41, 5.74) is 0. The van der Waals surface area contributed by atoms with Crippen molar-refractivity contribution >= 4 is 6.29 Å². The SMILES string of the molecule is O=CCOCCOCCOCCOCCNCO. The zero-order chi connectivity index (χ0) is 13.3. The molecule has 0 radical (unpaired) electrons. The van der Waals surface area contributed by atoms with Crippen LogP contribution < -0.4 is 5.32 Å². The third-order valence-corrected chi connectivity index (χ3v) is 1.84. The Morgan fingerprint density at radius 1 is 0.833 bits per heavy atom. The van der Waals surface area contributed by atoms with E-state index in [1.165, 1.54) is 0 Å². The first-order chi connectivity index (χ1) is 8.91. The number of aldehydes is 1. The molecule has 18 heavy (non-hydrogen) atoms. The lowest BCUT2D eigenvalue weighted by Gasteiger charge is -2.06. The molecule has 0 aromatic rings. The van der Waals surface area contributed by atoms with Gasteiger partial charge < -0.3 is 28.8 Å². The molecule has 2 N–H and O–H groups in total. The van der Waals surface area contributed by atoms with E-state index in [0.717, 1.165) is 0 Å². The molecule has 108 valence electrons. The molecule has 0 heterocycles. The molecule has 0 aliphatic heterocycles. The fraction of sp³-hybridized carbons (Fsp3) is 0.909. The molecule has 0 aliphatic rings. The molecule has 0 rings (SSSR count). The van der Waals surface area contributed by atoms with E-state index < -0.39 is 0 Å². The Labute approximate surface area is 107 Å². The van der Waals surface area contributed by atoms with Crippen molar-refractivity contribution in [3.05, 3.63) is 0 Å². The van der Waals surface area contributed by atoms with E-state index in [2.05, 4.69) is 5.32 Å². The van der Waals surface area contributed by atoms with Gasteiger partial charge in [0.2, 0.25) is 0 Å². The minimum Gasteiger partial charge on any atom is -0.381 e. The number of aliphatic hydroxyl groups is 1. The molecule has 7 nitrogen and oxygen atoms in total. The number of rotatable bonds is 15. The molecule has 0 fully saturated rings. The molecule has 0 aliphatic carbocycles. The topological polar surface area (TPSA) is 86.3 Å². The highest BCUT2D eigenvalue weighted by atomic mass is 16.6. The van der Waals surface area contributed by atoms with Gasteiger partial charge >= 0.3 is 0 Å². The van der Waals surface area contributed by atoms with E-state index in [9.17, 15) is 4.79 Å². The number of hydrogen-bond acceptors (Lipinski definition) is 7. The van der Waals surface area contributed by atoms with Crippen molar-refractivity contribution in [3.63, 3.8) is 0 Å². The van der Waals surface area contributed by atoms with Crippen LogP contribution in [0.5, 0.6) is 0 Å². The largest absolute Gasteiger partial charge is 0.381 e. The highest BCUT2D eigenvalue weighted by Gasteiger charge is 1.92. The van der Waals surface area contributed by atoms with Crippen molar-refractivity contribution in [3.8, 4) is 0 Å². The van der Waals surface area contributed by atoms with Crippen LogP contribution in [0.25, 0.3) is 0 Å². The average molecular weight is 265 g/mol. The highest BCUT2D eigenvalue weighted by Crippen LogP contribution is 1.82. The van der Waals surface area contributed by atoms with Gasteiger partial charge in [-0.05, 0) is 0 Å². The summed E-state index contributed by atoms with van der Waals surface area (Å²) in [7, 11) is 0. The molecule has 0 atom stereocenters. The molecule has 0 unspecified atom stereocenters. The smallest absolute Gasteiger partial charge is 0.145 e. The Balaban J connectivity index is 2.88. The lowest BCUT2D eigenvalue weighted by Crippen LogP contribution is -2.21. The van der Waals surface area contributed by atoms with Gasteiger partial charge in [-0.15, -0.1) is 0 Å². The van der Waals surface area contributed by atoms with Crippen molar-refractivity contribution in [2.75, 3.05) is 66.1 Å². The van der Waals surface area contributed by atoms with Crippen molar-refractivity contribution < 1.29 is 28.8 Å². The van der Waals surface area contributed by atoms with Gasteiger partial charge in [-0.3, -0.25) is 5.32 Å². The van der Waals surface area contributed by atoms with E-state index in [-0.39, 0.29) is 13.3 Å². The average Bonchev–Trinajstić information content (AvgIpc) is 2.39. The summed E-state index contributed by atoms with van der Waals surface area (Å²) in [6.07, 6.45) is 0.708. The molecule has 0 aromatic heterocycles. The van der Waals surface area contributed by atoms with Crippen molar-refractivity contribution in [2.45, 2.75) is 0 Å². The Kier molecular flexibility index (Phi) is 15.9. The first kappa shape index (κ1) is 17.4. The minimum atomic E-state index is -0.0340. The van der Waals surface area contributed by atoms with Crippen LogP contribution in [0.4, 0.5) is 0 Å². The Morgan fingerprint density at radius 2 is 1.33 bits per heavy atom. The van der Waals surface area contributed by atoms with Gasteiger partial charge in [0.15, 0.2) is 0 Å². The number of carbonyl (C=O) groups excluding carboxylic acids is 1. The van der Waals surface area contributed by atoms with Crippen LogP contribution >= 0.6 is 0 Å². The van der Waals surface area contributed by atoms with Crippen molar-refractivity contribution in [2.24, 2.45) is 0 Å². The first-order valence-corrected chi connectivity index (χ1v) is 5.98. The maximum atomic E-state index is 9.91. The molecule has 0 saturated heterocycles. The minimum absolute atomic E-state index is 0.0340. The number of aliphatic hydroxyl groups excluding tert-OH is 1. The van der Waals surface area contributed by atoms with Crippen LogP contribution in [0.3, 0.4) is 0 Å². The standard InChI is InChI=1S/C11H23NO6/c13-2-4-16-6-8-18-10-9-17-7-5-15-3-1-12-11-14/h2,12,14H,1,3-11H2. The molecular formula is C11H23NO6. The Hall–Kier alpha value is -0.570. The molecule has 0 bridgehead atoms. The lowest BCUT2D eigenvalue weighted by atomic mass is 10.6. The van der Waals surface area contributed by atoms with Gasteiger partial charge in [0.05, 0.1) is 53.0 Å². The third-order valence-electron chi connectivity index (χ3n) is 1.84. The summed E-state index contributed by atoms with van der Waals surface area (Å²) in [6, 6.07) is 0. The number of hydrogen-bond donors (Lipinski definition) is 2. The van der Waals surface area contributed by atoms with Crippen LogP contribution in [-0.2, 0) is 23.7 Å². The second kappa shape index (κ2) is 16.4. The summed E-state index contributed by atoms with van der Waals surface area (Å²) in [5, 5.41) is 11.2. The third kappa shape index (κ3) is 15.4. The molecule has 0 amide bonds. The van der Waals surface area contributed by atoms with Crippen LogP contribution in [-0.4, -0.2) is 77.5 Å². The molecule has 0 saturated carbocycles. The highest BCUT2D eigenvalue weighted by molar-refractivity contribution is 5.50. The van der Waals surface area contributed by atoms with E-state index in [4.69, 9.17) is 24.1 Å². The van der Waals surface area contributed by atoms with Gasteiger partial charge in [-0.25, -0.2) is 0 Å².